The summed E-state index contributed by atoms with van der Waals surface area (Å²) in [6.07, 6.45) is -3.92. The second-order valence-corrected chi connectivity index (χ2v) is 5.47. The molecule has 0 aliphatic carbocycles. The van der Waals surface area contributed by atoms with Gasteiger partial charge in [0.25, 0.3) is 5.91 Å². The van der Waals surface area contributed by atoms with E-state index in [1.165, 1.54) is 12.1 Å². The molecule has 0 aromatic heterocycles. The van der Waals surface area contributed by atoms with Crippen molar-refractivity contribution in [1.82, 2.24) is 5.32 Å². The van der Waals surface area contributed by atoms with Crippen molar-refractivity contribution < 1.29 is 22.7 Å². The van der Waals surface area contributed by atoms with E-state index in [4.69, 9.17) is 4.74 Å². The maximum atomic E-state index is 12.9. The molecule has 1 N–H and O–H groups in total. The third-order valence-electron chi connectivity index (χ3n) is 2.80. The van der Waals surface area contributed by atoms with E-state index in [-0.39, 0.29) is 11.6 Å². The van der Waals surface area contributed by atoms with Gasteiger partial charge in [-0.1, -0.05) is 0 Å². The quantitative estimate of drug-likeness (QED) is 0.796. The summed E-state index contributed by atoms with van der Waals surface area (Å²) in [5, 5.41) is 2.56. The number of carbonyl (C=O) groups excluding carboxylic acids is 1. The fraction of sp³-hybridized carbons (Fsp3) is 0.417. The van der Waals surface area contributed by atoms with Gasteiger partial charge in [-0.15, -0.1) is 0 Å². The lowest BCUT2D eigenvalue weighted by atomic mass is 10.1. The van der Waals surface area contributed by atoms with E-state index in [9.17, 15) is 18.0 Å². The number of amides is 1. The van der Waals surface area contributed by atoms with Crippen LogP contribution in [0.15, 0.2) is 18.2 Å². The molecule has 0 radical (unpaired) electrons. The SMILES string of the molecule is O=C(NC1CCOC1)c1ccc(I)cc1C(F)(F)F. The van der Waals surface area contributed by atoms with E-state index >= 15 is 0 Å². The largest absolute Gasteiger partial charge is 0.417 e. The monoisotopic (exact) mass is 385 g/mol. The second-order valence-electron chi connectivity index (χ2n) is 4.22. The summed E-state index contributed by atoms with van der Waals surface area (Å²) in [7, 11) is 0. The molecule has 0 bridgehead atoms. The number of hydrogen-bond donors (Lipinski definition) is 1. The highest BCUT2D eigenvalue weighted by Gasteiger charge is 2.35. The predicted molar refractivity (Wildman–Crippen MR) is 70.9 cm³/mol. The first-order valence-electron chi connectivity index (χ1n) is 5.63. The molecular weight excluding hydrogens is 374 g/mol. The minimum Gasteiger partial charge on any atom is -0.379 e. The summed E-state index contributed by atoms with van der Waals surface area (Å²) >= 11 is 1.78. The van der Waals surface area contributed by atoms with Gasteiger partial charge in [-0.2, -0.15) is 13.2 Å². The highest BCUT2D eigenvalue weighted by Crippen LogP contribution is 2.33. The molecule has 0 saturated carbocycles. The third kappa shape index (κ3) is 3.59. The first kappa shape index (κ1) is 14.6. The summed E-state index contributed by atoms with van der Waals surface area (Å²) in [5.41, 5.74) is -1.25. The van der Waals surface area contributed by atoms with Crippen LogP contribution in [0.1, 0.15) is 22.3 Å². The van der Waals surface area contributed by atoms with Crippen molar-refractivity contribution in [2.45, 2.75) is 18.6 Å². The Bertz CT molecular complexity index is 484. The average Bonchev–Trinajstić information content (AvgIpc) is 2.80. The van der Waals surface area contributed by atoms with Crippen LogP contribution in [0.25, 0.3) is 0 Å². The van der Waals surface area contributed by atoms with Crippen LogP contribution in [0.3, 0.4) is 0 Å². The number of nitrogens with one attached hydrogen (secondary N) is 1. The lowest BCUT2D eigenvalue weighted by molar-refractivity contribution is -0.138. The van der Waals surface area contributed by atoms with Gasteiger partial charge in [0.1, 0.15) is 0 Å². The summed E-state index contributed by atoms with van der Waals surface area (Å²) in [6, 6.07) is 3.44. The summed E-state index contributed by atoms with van der Waals surface area (Å²) in [5.74, 6) is -0.709. The van der Waals surface area contributed by atoms with Crippen molar-refractivity contribution in [1.29, 1.82) is 0 Å². The molecule has 0 spiro atoms. The van der Waals surface area contributed by atoms with Gasteiger partial charge in [0.15, 0.2) is 0 Å². The first-order valence-corrected chi connectivity index (χ1v) is 6.71. The number of halogens is 4. The molecule has 1 unspecified atom stereocenters. The van der Waals surface area contributed by atoms with Crippen LogP contribution in [0.2, 0.25) is 0 Å². The van der Waals surface area contributed by atoms with E-state index in [0.717, 1.165) is 6.07 Å². The van der Waals surface area contributed by atoms with Crippen molar-refractivity contribution in [3.8, 4) is 0 Å². The fourth-order valence-electron chi connectivity index (χ4n) is 1.86. The molecule has 1 saturated heterocycles. The van der Waals surface area contributed by atoms with E-state index in [0.29, 0.717) is 23.2 Å². The molecule has 1 aliphatic rings. The minimum absolute atomic E-state index is 0.215. The number of alkyl halides is 3. The van der Waals surface area contributed by atoms with Crippen LogP contribution in [-0.4, -0.2) is 25.2 Å². The normalized spacial score (nSPS) is 19.5. The van der Waals surface area contributed by atoms with Crippen LogP contribution in [0.4, 0.5) is 13.2 Å². The topological polar surface area (TPSA) is 38.3 Å². The van der Waals surface area contributed by atoms with Gasteiger partial charge in [-0.05, 0) is 47.2 Å². The molecule has 1 atom stereocenters. The number of benzene rings is 1. The van der Waals surface area contributed by atoms with Crippen molar-refractivity contribution in [2.24, 2.45) is 0 Å². The Morgan fingerprint density at radius 3 is 2.74 bits per heavy atom. The molecule has 19 heavy (non-hydrogen) atoms. The van der Waals surface area contributed by atoms with Crippen LogP contribution in [0.5, 0.6) is 0 Å². The van der Waals surface area contributed by atoms with Crippen molar-refractivity contribution in [3.05, 3.63) is 32.9 Å². The number of hydrogen-bond acceptors (Lipinski definition) is 2. The fourth-order valence-corrected chi connectivity index (χ4v) is 2.35. The van der Waals surface area contributed by atoms with Crippen LogP contribution >= 0.6 is 22.6 Å². The van der Waals surface area contributed by atoms with Crippen molar-refractivity contribution in [2.75, 3.05) is 13.2 Å². The van der Waals surface area contributed by atoms with Gasteiger partial charge < -0.3 is 10.1 Å². The first-order chi connectivity index (χ1) is 8.88. The van der Waals surface area contributed by atoms with E-state index in [2.05, 4.69) is 5.32 Å². The highest BCUT2D eigenvalue weighted by molar-refractivity contribution is 14.1. The van der Waals surface area contributed by atoms with Gasteiger partial charge in [-0.25, -0.2) is 0 Å². The average molecular weight is 385 g/mol. The summed E-state index contributed by atoms with van der Waals surface area (Å²) < 4.78 is 44.2. The molecule has 7 heteroatoms. The zero-order chi connectivity index (χ0) is 14.0. The molecule has 104 valence electrons. The molecule has 1 aromatic carbocycles. The molecule has 1 fully saturated rings. The highest BCUT2D eigenvalue weighted by atomic mass is 127. The van der Waals surface area contributed by atoms with Gasteiger partial charge in [0, 0.05) is 10.2 Å². The van der Waals surface area contributed by atoms with Crippen LogP contribution in [-0.2, 0) is 10.9 Å². The molecular formula is C12H11F3INO2. The molecule has 1 amide bonds. The smallest absolute Gasteiger partial charge is 0.379 e. The van der Waals surface area contributed by atoms with Crippen LogP contribution in [0, 0.1) is 3.57 Å². The number of carbonyl (C=O) groups is 1. The summed E-state index contributed by atoms with van der Waals surface area (Å²) in [6.45, 7) is 0.862. The zero-order valence-corrected chi connectivity index (χ0v) is 11.9. The Labute approximate surface area is 121 Å². The van der Waals surface area contributed by atoms with E-state index in [1.54, 1.807) is 22.6 Å². The van der Waals surface area contributed by atoms with Crippen LogP contribution < -0.4 is 5.32 Å². The van der Waals surface area contributed by atoms with E-state index in [1.807, 2.05) is 0 Å². The van der Waals surface area contributed by atoms with Gasteiger partial charge >= 0.3 is 6.18 Å². The number of ether oxygens (including phenoxy) is 1. The Kier molecular flexibility index (Phi) is 4.34. The standard InChI is InChI=1S/C12H11F3INO2/c13-12(14,15)10-5-7(16)1-2-9(10)11(18)17-8-3-4-19-6-8/h1-2,5,8H,3-4,6H2,(H,17,18). The predicted octanol–water partition coefficient (Wildman–Crippen LogP) is 2.83. The molecule has 2 rings (SSSR count). The molecule has 1 heterocycles. The maximum Gasteiger partial charge on any atom is 0.417 e. The molecule has 3 nitrogen and oxygen atoms in total. The maximum absolute atomic E-state index is 12.9. The Morgan fingerprint density at radius 1 is 1.42 bits per heavy atom. The van der Waals surface area contributed by atoms with Crippen molar-refractivity contribution in [3.63, 3.8) is 0 Å². The lowest BCUT2D eigenvalue weighted by Gasteiger charge is -2.15. The minimum atomic E-state index is -4.54. The van der Waals surface area contributed by atoms with Crippen molar-refractivity contribution >= 4 is 28.5 Å². The molecule has 1 aromatic rings. The van der Waals surface area contributed by atoms with E-state index < -0.39 is 17.6 Å². The second kappa shape index (κ2) is 5.66. The van der Waals surface area contributed by atoms with Gasteiger partial charge in [-0.3, -0.25) is 4.79 Å². The third-order valence-corrected chi connectivity index (χ3v) is 3.47. The lowest BCUT2D eigenvalue weighted by Crippen LogP contribution is -2.36. The Balaban J connectivity index is 2.25. The molecule has 1 aliphatic heterocycles. The summed E-state index contributed by atoms with van der Waals surface area (Å²) in [4.78, 5) is 11.9. The van der Waals surface area contributed by atoms with Gasteiger partial charge in [0.05, 0.1) is 23.8 Å². The Morgan fingerprint density at radius 2 is 2.16 bits per heavy atom. The Hall–Kier alpha value is -0.830. The zero-order valence-electron chi connectivity index (χ0n) is 9.76. The number of rotatable bonds is 2. The van der Waals surface area contributed by atoms with Gasteiger partial charge in [0.2, 0.25) is 0 Å².